The molecule has 0 fully saturated rings. The van der Waals surface area contributed by atoms with E-state index < -0.39 is 0 Å². The molecular weight excluding hydrogens is 328 g/mol. The van der Waals surface area contributed by atoms with Gasteiger partial charge in [0.25, 0.3) is 11.8 Å². The summed E-state index contributed by atoms with van der Waals surface area (Å²) in [5, 5.41) is 0. The SMILES string of the molecule is O=C(CCCCCCCCC(=O)N[n+]1ccccc1)N[n+]1ccccc1. The molecule has 26 heavy (non-hydrogen) atoms. The molecule has 138 valence electrons. The second kappa shape index (κ2) is 11.7. The van der Waals surface area contributed by atoms with Crippen LogP contribution < -0.4 is 20.2 Å². The van der Waals surface area contributed by atoms with Crippen molar-refractivity contribution in [3.05, 3.63) is 61.2 Å². The van der Waals surface area contributed by atoms with Gasteiger partial charge >= 0.3 is 0 Å². The highest BCUT2D eigenvalue weighted by Gasteiger charge is 2.07. The van der Waals surface area contributed by atoms with Gasteiger partial charge < -0.3 is 0 Å². The molecule has 0 saturated heterocycles. The summed E-state index contributed by atoms with van der Waals surface area (Å²) in [6.45, 7) is 0. The number of pyridine rings is 2. The third kappa shape index (κ3) is 8.37. The predicted octanol–water partition coefficient (Wildman–Crippen LogP) is 2.22. The van der Waals surface area contributed by atoms with E-state index in [-0.39, 0.29) is 11.8 Å². The van der Waals surface area contributed by atoms with Gasteiger partial charge in [0.1, 0.15) is 0 Å². The molecule has 2 N–H and O–H groups in total. The summed E-state index contributed by atoms with van der Waals surface area (Å²) in [5.41, 5.74) is 5.63. The topological polar surface area (TPSA) is 66.0 Å². The van der Waals surface area contributed by atoms with Gasteiger partial charge in [-0.1, -0.05) is 47.2 Å². The van der Waals surface area contributed by atoms with Crippen molar-refractivity contribution in [2.75, 3.05) is 10.9 Å². The summed E-state index contributed by atoms with van der Waals surface area (Å²) in [5.74, 6) is 0.0765. The fourth-order valence-electron chi connectivity index (χ4n) is 2.62. The van der Waals surface area contributed by atoms with E-state index in [1.807, 2.05) is 61.2 Å². The van der Waals surface area contributed by atoms with Gasteiger partial charge in [0.15, 0.2) is 24.8 Å². The summed E-state index contributed by atoms with van der Waals surface area (Å²) >= 11 is 0. The Morgan fingerprint density at radius 1 is 0.538 bits per heavy atom. The molecule has 0 radical (unpaired) electrons. The van der Waals surface area contributed by atoms with Crippen LogP contribution in [0.1, 0.15) is 51.4 Å². The van der Waals surface area contributed by atoms with Crippen molar-refractivity contribution in [2.24, 2.45) is 0 Å². The minimum Gasteiger partial charge on any atom is -0.269 e. The molecule has 2 rings (SSSR count). The van der Waals surface area contributed by atoms with Crippen LogP contribution in [0.4, 0.5) is 0 Å². The molecule has 0 spiro atoms. The highest BCUT2D eigenvalue weighted by Crippen LogP contribution is 2.08. The monoisotopic (exact) mass is 356 g/mol. The average Bonchev–Trinajstić information content (AvgIpc) is 2.65. The Morgan fingerprint density at radius 2 is 0.885 bits per heavy atom. The molecule has 2 aromatic heterocycles. The lowest BCUT2D eigenvalue weighted by atomic mass is 10.1. The van der Waals surface area contributed by atoms with Gasteiger partial charge in [-0.3, -0.25) is 9.59 Å². The molecule has 0 unspecified atom stereocenters. The number of carbonyl (C=O) groups excluding carboxylic acids is 2. The van der Waals surface area contributed by atoms with Crippen LogP contribution in [-0.2, 0) is 9.59 Å². The third-order valence-electron chi connectivity index (χ3n) is 4.00. The first-order chi connectivity index (χ1) is 12.7. The van der Waals surface area contributed by atoms with Crippen LogP contribution in [0, 0.1) is 0 Å². The van der Waals surface area contributed by atoms with Crippen LogP contribution in [0.5, 0.6) is 0 Å². The molecule has 2 aromatic rings. The molecule has 6 heteroatoms. The fraction of sp³-hybridized carbons (Fsp3) is 0.400. The average molecular weight is 356 g/mol. The normalized spacial score (nSPS) is 10.3. The zero-order chi connectivity index (χ0) is 18.5. The van der Waals surface area contributed by atoms with Crippen LogP contribution in [0.3, 0.4) is 0 Å². The van der Waals surface area contributed by atoms with Crippen LogP contribution in [0.2, 0.25) is 0 Å². The number of hydrogen-bond donors (Lipinski definition) is 2. The first kappa shape index (κ1) is 19.6. The van der Waals surface area contributed by atoms with Gasteiger partial charge in [0.05, 0.1) is 0 Å². The summed E-state index contributed by atoms with van der Waals surface area (Å²) in [7, 11) is 0. The Kier molecular flexibility index (Phi) is 8.83. The van der Waals surface area contributed by atoms with Crippen molar-refractivity contribution in [1.29, 1.82) is 0 Å². The third-order valence-corrected chi connectivity index (χ3v) is 4.00. The van der Waals surface area contributed by atoms with E-state index in [4.69, 9.17) is 0 Å². The van der Waals surface area contributed by atoms with Gasteiger partial charge in [0, 0.05) is 37.1 Å². The largest absolute Gasteiger partial charge is 0.274 e. The number of amides is 2. The van der Waals surface area contributed by atoms with Gasteiger partial charge in [0.2, 0.25) is 0 Å². The van der Waals surface area contributed by atoms with Crippen LogP contribution >= 0.6 is 0 Å². The lowest BCUT2D eigenvalue weighted by Crippen LogP contribution is -2.47. The van der Waals surface area contributed by atoms with Crippen molar-refractivity contribution in [2.45, 2.75) is 51.4 Å². The number of unbranched alkanes of at least 4 members (excludes halogenated alkanes) is 5. The molecule has 2 amide bonds. The highest BCUT2D eigenvalue weighted by molar-refractivity contribution is 5.82. The Balaban J connectivity index is 1.43. The molecule has 0 bridgehead atoms. The maximum Gasteiger partial charge on any atom is 0.274 e. The van der Waals surface area contributed by atoms with Crippen molar-refractivity contribution in [3.8, 4) is 0 Å². The van der Waals surface area contributed by atoms with Crippen molar-refractivity contribution in [1.82, 2.24) is 0 Å². The van der Waals surface area contributed by atoms with Gasteiger partial charge in [-0.05, 0) is 12.8 Å². The van der Waals surface area contributed by atoms with E-state index in [1.165, 1.54) is 0 Å². The molecule has 2 heterocycles. The lowest BCUT2D eigenvalue weighted by Gasteiger charge is -2.02. The molecule has 0 atom stereocenters. The fourth-order valence-corrected chi connectivity index (χ4v) is 2.62. The highest BCUT2D eigenvalue weighted by atomic mass is 16.2. The zero-order valence-electron chi connectivity index (χ0n) is 15.1. The lowest BCUT2D eigenvalue weighted by molar-refractivity contribution is -0.642. The van der Waals surface area contributed by atoms with E-state index in [2.05, 4.69) is 10.9 Å². The van der Waals surface area contributed by atoms with Gasteiger partial charge in [-0.2, -0.15) is 0 Å². The second-order valence-corrected chi connectivity index (χ2v) is 6.26. The molecule has 0 aliphatic heterocycles. The van der Waals surface area contributed by atoms with Crippen molar-refractivity contribution < 1.29 is 18.9 Å². The number of carbonyl (C=O) groups is 2. The zero-order valence-corrected chi connectivity index (χ0v) is 15.1. The van der Waals surface area contributed by atoms with Crippen LogP contribution in [0.25, 0.3) is 0 Å². The summed E-state index contributed by atoms with van der Waals surface area (Å²) < 4.78 is 3.34. The molecule has 6 nitrogen and oxygen atoms in total. The first-order valence-corrected chi connectivity index (χ1v) is 9.26. The maximum absolute atomic E-state index is 11.8. The Hall–Kier alpha value is -2.76. The Bertz CT molecular complexity index is 603. The van der Waals surface area contributed by atoms with Gasteiger partial charge in [-0.25, -0.2) is 0 Å². The Morgan fingerprint density at radius 3 is 1.27 bits per heavy atom. The quantitative estimate of drug-likeness (QED) is 0.479. The molecule has 0 aromatic carbocycles. The summed E-state index contributed by atoms with van der Waals surface area (Å²) in [6.07, 6.45) is 14.4. The van der Waals surface area contributed by atoms with Crippen molar-refractivity contribution >= 4 is 11.8 Å². The molecular formula is C20H28N4O2+2. The number of nitrogens with zero attached hydrogens (tertiary/aromatic N) is 2. The molecule has 0 aliphatic rings. The molecule has 0 saturated carbocycles. The van der Waals surface area contributed by atoms with Crippen LogP contribution in [-0.4, -0.2) is 11.8 Å². The number of nitrogens with one attached hydrogen (secondary N) is 2. The minimum absolute atomic E-state index is 0.0382. The first-order valence-electron chi connectivity index (χ1n) is 9.26. The standard InChI is InChI=1S/C20H26N4O2/c25-19(21-23-15-9-5-10-16-23)13-7-3-1-2-4-8-14-20(26)22-24-17-11-6-12-18-24/h5-6,9-12,15-18H,1-4,7-8,13-14H2/p+2. The maximum atomic E-state index is 11.8. The molecule has 0 aliphatic carbocycles. The number of hydrogen-bond acceptors (Lipinski definition) is 2. The van der Waals surface area contributed by atoms with E-state index in [9.17, 15) is 9.59 Å². The van der Waals surface area contributed by atoms with E-state index in [1.54, 1.807) is 9.35 Å². The summed E-state index contributed by atoms with van der Waals surface area (Å²) in [6, 6.07) is 11.3. The number of rotatable bonds is 11. The van der Waals surface area contributed by atoms with Crippen molar-refractivity contribution in [3.63, 3.8) is 0 Å². The van der Waals surface area contributed by atoms with Gasteiger partial charge in [-0.15, -0.1) is 10.9 Å². The smallest absolute Gasteiger partial charge is 0.269 e. The summed E-state index contributed by atoms with van der Waals surface area (Å²) in [4.78, 5) is 23.6. The van der Waals surface area contributed by atoms with E-state index >= 15 is 0 Å². The second-order valence-electron chi connectivity index (χ2n) is 6.26. The predicted molar refractivity (Wildman–Crippen MR) is 98.9 cm³/mol. The van der Waals surface area contributed by atoms with E-state index in [0.29, 0.717) is 12.8 Å². The number of aromatic nitrogens is 2. The Labute approximate surface area is 154 Å². The van der Waals surface area contributed by atoms with E-state index in [0.717, 1.165) is 38.5 Å². The van der Waals surface area contributed by atoms with Crippen LogP contribution in [0.15, 0.2) is 61.2 Å². The minimum atomic E-state index is 0.0382.